The molecule has 0 saturated heterocycles. The van der Waals surface area contributed by atoms with E-state index in [9.17, 15) is 9.59 Å². The maximum Gasteiger partial charge on any atom is 0.233 e. The van der Waals surface area contributed by atoms with Gasteiger partial charge in [0.25, 0.3) is 0 Å². The standard InChI is InChI=1S/C15H16Cl2N2O2/c1-14(8-15(14,16)17)13(21)19-11-6-4-10(5-7-11)18-12(20)9-2-3-9/h4-7,9H,2-3,8H2,1H3,(H,18,20)(H,19,21). The molecule has 1 aromatic carbocycles. The van der Waals surface area contributed by atoms with Gasteiger partial charge in [0.2, 0.25) is 11.8 Å². The normalized spacial score (nSPS) is 26.0. The number of benzene rings is 1. The third kappa shape index (κ3) is 2.87. The first-order valence-corrected chi connectivity index (χ1v) is 7.68. The van der Waals surface area contributed by atoms with Crippen LogP contribution < -0.4 is 10.6 Å². The SMILES string of the molecule is CC1(C(=O)Nc2ccc(NC(=O)C3CC3)cc2)CC1(Cl)Cl. The van der Waals surface area contributed by atoms with Crippen LogP contribution in [0.5, 0.6) is 0 Å². The molecule has 0 aliphatic heterocycles. The second-order valence-electron chi connectivity index (χ2n) is 6.01. The highest BCUT2D eigenvalue weighted by Gasteiger charge is 2.67. The summed E-state index contributed by atoms with van der Waals surface area (Å²) in [5.74, 6) is 0.0355. The van der Waals surface area contributed by atoms with Gasteiger partial charge in [-0.2, -0.15) is 0 Å². The van der Waals surface area contributed by atoms with Gasteiger partial charge in [0.05, 0.1) is 5.41 Å². The summed E-state index contributed by atoms with van der Waals surface area (Å²) in [7, 11) is 0. The Balaban J connectivity index is 1.59. The number of carbonyl (C=O) groups is 2. The summed E-state index contributed by atoms with van der Waals surface area (Å²) in [4.78, 5) is 23.8. The lowest BCUT2D eigenvalue weighted by Crippen LogP contribution is -2.25. The molecule has 2 aliphatic rings. The lowest BCUT2D eigenvalue weighted by Gasteiger charge is -2.13. The number of hydrogen-bond acceptors (Lipinski definition) is 2. The second-order valence-corrected chi connectivity index (χ2v) is 7.49. The molecule has 0 radical (unpaired) electrons. The van der Waals surface area contributed by atoms with Gasteiger partial charge in [0.15, 0.2) is 0 Å². The molecule has 1 atom stereocenters. The maximum absolute atomic E-state index is 12.1. The molecule has 21 heavy (non-hydrogen) atoms. The van der Waals surface area contributed by atoms with E-state index in [0.717, 1.165) is 18.5 Å². The molecule has 1 aromatic rings. The van der Waals surface area contributed by atoms with E-state index in [1.165, 1.54) is 0 Å². The minimum atomic E-state index is -0.977. The first kappa shape index (κ1) is 14.7. The Kier molecular flexibility index (Phi) is 3.41. The number of anilines is 2. The van der Waals surface area contributed by atoms with Gasteiger partial charge in [-0.05, 0) is 50.5 Å². The van der Waals surface area contributed by atoms with Crippen LogP contribution in [-0.4, -0.2) is 16.1 Å². The van der Waals surface area contributed by atoms with Crippen molar-refractivity contribution in [2.24, 2.45) is 11.3 Å². The van der Waals surface area contributed by atoms with Crippen molar-refractivity contribution in [3.8, 4) is 0 Å². The highest BCUT2D eigenvalue weighted by molar-refractivity contribution is 6.53. The van der Waals surface area contributed by atoms with Crippen molar-refractivity contribution in [1.29, 1.82) is 0 Å². The zero-order valence-corrected chi connectivity index (χ0v) is 13.1. The van der Waals surface area contributed by atoms with Gasteiger partial charge in [-0.25, -0.2) is 0 Å². The smallest absolute Gasteiger partial charge is 0.233 e. The van der Waals surface area contributed by atoms with E-state index in [1.807, 2.05) is 0 Å². The van der Waals surface area contributed by atoms with Crippen molar-refractivity contribution >= 4 is 46.4 Å². The summed E-state index contributed by atoms with van der Waals surface area (Å²) in [6.07, 6.45) is 2.39. The number of halogens is 2. The molecule has 0 aromatic heterocycles. The lowest BCUT2D eigenvalue weighted by molar-refractivity contribution is -0.120. The summed E-state index contributed by atoms with van der Waals surface area (Å²) < 4.78 is -0.977. The largest absolute Gasteiger partial charge is 0.326 e. The summed E-state index contributed by atoms with van der Waals surface area (Å²) in [6.45, 7) is 1.74. The maximum atomic E-state index is 12.1. The zero-order chi connectivity index (χ0) is 15.3. The van der Waals surface area contributed by atoms with Gasteiger partial charge >= 0.3 is 0 Å². The molecule has 2 fully saturated rings. The van der Waals surface area contributed by atoms with Crippen LogP contribution in [0.15, 0.2) is 24.3 Å². The molecular formula is C15H16Cl2N2O2. The Bertz CT molecular complexity index is 596. The number of carbonyl (C=O) groups excluding carboxylic acids is 2. The van der Waals surface area contributed by atoms with Crippen molar-refractivity contribution < 1.29 is 9.59 Å². The monoisotopic (exact) mass is 326 g/mol. The lowest BCUT2D eigenvalue weighted by atomic mass is 10.1. The highest BCUT2D eigenvalue weighted by atomic mass is 35.5. The Hall–Kier alpha value is -1.26. The molecule has 6 heteroatoms. The van der Waals surface area contributed by atoms with E-state index >= 15 is 0 Å². The van der Waals surface area contributed by atoms with E-state index in [-0.39, 0.29) is 17.7 Å². The molecular weight excluding hydrogens is 311 g/mol. The fraction of sp³-hybridized carbons (Fsp3) is 0.467. The van der Waals surface area contributed by atoms with Crippen molar-refractivity contribution in [2.45, 2.75) is 30.5 Å². The zero-order valence-electron chi connectivity index (χ0n) is 11.6. The molecule has 112 valence electrons. The molecule has 0 heterocycles. The summed E-state index contributed by atoms with van der Waals surface area (Å²) >= 11 is 12.0. The first-order chi connectivity index (χ1) is 9.82. The molecule has 1 unspecified atom stereocenters. The summed E-state index contributed by atoms with van der Waals surface area (Å²) in [5.41, 5.74) is 0.642. The summed E-state index contributed by atoms with van der Waals surface area (Å²) in [5, 5.41) is 5.64. The van der Waals surface area contributed by atoms with Gasteiger partial charge in [-0.1, -0.05) is 0 Å². The Morgan fingerprint density at radius 2 is 1.57 bits per heavy atom. The Morgan fingerprint density at radius 1 is 1.10 bits per heavy atom. The molecule has 2 amide bonds. The van der Waals surface area contributed by atoms with E-state index in [1.54, 1.807) is 31.2 Å². The molecule has 3 rings (SSSR count). The van der Waals surface area contributed by atoms with Crippen molar-refractivity contribution in [3.05, 3.63) is 24.3 Å². The molecule has 2 aliphatic carbocycles. The molecule has 0 spiro atoms. The fourth-order valence-electron chi connectivity index (χ4n) is 2.14. The van der Waals surface area contributed by atoms with Crippen LogP contribution in [0.4, 0.5) is 11.4 Å². The number of rotatable bonds is 4. The third-order valence-electron chi connectivity index (χ3n) is 4.12. The first-order valence-electron chi connectivity index (χ1n) is 6.92. The molecule has 4 nitrogen and oxygen atoms in total. The van der Waals surface area contributed by atoms with E-state index in [4.69, 9.17) is 23.2 Å². The van der Waals surface area contributed by atoms with Gasteiger partial charge in [0, 0.05) is 17.3 Å². The molecule has 2 saturated carbocycles. The van der Waals surface area contributed by atoms with E-state index in [0.29, 0.717) is 12.1 Å². The molecule has 2 N–H and O–H groups in total. The average Bonchev–Trinajstić information content (AvgIpc) is 3.30. The van der Waals surface area contributed by atoms with Crippen LogP contribution in [0.1, 0.15) is 26.2 Å². The minimum absolute atomic E-state index is 0.0614. The van der Waals surface area contributed by atoms with Crippen molar-refractivity contribution in [2.75, 3.05) is 10.6 Å². The molecule has 0 bridgehead atoms. The quantitative estimate of drug-likeness (QED) is 0.831. The number of amides is 2. The Morgan fingerprint density at radius 3 is 2.00 bits per heavy atom. The highest BCUT2D eigenvalue weighted by Crippen LogP contribution is 2.64. The van der Waals surface area contributed by atoms with E-state index in [2.05, 4.69) is 10.6 Å². The minimum Gasteiger partial charge on any atom is -0.326 e. The van der Waals surface area contributed by atoms with Crippen molar-refractivity contribution in [1.82, 2.24) is 0 Å². The number of hydrogen-bond donors (Lipinski definition) is 2. The number of nitrogens with one attached hydrogen (secondary N) is 2. The van der Waals surface area contributed by atoms with Crippen LogP contribution in [-0.2, 0) is 9.59 Å². The van der Waals surface area contributed by atoms with Crippen LogP contribution in [0.25, 0.3) is 0 Å². The van der Waals surface area contributed by atoms with Gasteiger partial charge in [0.1, 0.15) is 4.33 Å². The van der Waals surface area contributed by atoms with Crippen LogP contribution >= 0.6 is 23.2 Å². The number of alkyl halides is 2. The predicted octanol–water partition coefficient (Wildman–Crippen LogP) is 3.56. The van der Waals surface area contributed by atoms with E-state index < -0.39 is 9.75 Å². The van der Waals surface area contributed by atoms with Crippen LogP contribution in [0.2, 0.25) is 0 Å². The second kappa shape index (κ2) is 4.89. The van der Waals surface area contributed by atoms with Gasteiger partial charge in [-0.15, -0.1) is 23.2 Å². The topological polar surface area (TPSA) is 58.2 Å². The van der Waals surface area contributed by atoms with Gasteiger partial charge < -0.3 is 10.6 Å². The fourth-order valence-corrected chi connectivity index (χ4v) is 2.85. The predicted molar refractivity (Wildman–Crippen MR) is 83.6 cm³/mol. The third-order valence-corrected chi connectivity index (χ3v) is 5.22. The summed E-state index contributed by atoms with van der Waals surface area (Å²) in [6, 6.07) is 7.02. The Labute approximate surface area is 133 Å². The van der Waals surface area contributed by atoms with Crippen molar-refractivity contribution in [3.63, 3.8) is 0 Å². The van der Waals surface area contributed by atoms with Gasteiger partial charge in [-0.3, -0.25) is 9.59 Å². The van der Waals surface area contributed by atoms with Crippen LogP contribution in [0.3, 0.4) is 0 Å². The average molecular weight is 327 g/mol. The van der Waals surface area contributed by atoms with Crippen LogP contribution in [0, 0.1) is 11.3 Å².